The van der Waals surface area contributed by atoms with E-state index in [-0.39, 0.29) is 0 Å². The van der Waals surface area contributed by atoms with Gasteiger partial charge in [0.1, 0.15) is 18.4 Å². The largest absolute Gasteiger partial charge is 0.250 e. The third-order valence-electron chi connectivity index (χ3n) is 2.75. The standard InChI is InChI=1S/C12H22N2/c1-3-5-6-8-12(7-4-2)14-10-9-13-11-14/h9-12H,3-8H2,1-2H3/p+1. The number of hydrogen-bond acceptors (Lipinski definition) is 0. The highest BCUT2D eigenvalue weighted by Gasteiger charge is 2.13. The summed E-state index contributed by atoms with van der Waals surface area (Å²) in [6.07, 6.45) is 14.2. The molecule has 1 N–H and O–H groups in total. The fraction of sp³-hybridized carbons (Fsp3) is 0.750. The number of nitrogens with one attached hydrogen (secondary N) is 1. The highest BCUT2D eigenvalue weighted by atomic mass is 15.0. The van der Waals surface area contributed by atoms with E-state index in [0.29, 0.717) is 6.04 Å². The van der Waals surface area contributed by atoms with E-state index < -0.39 is 0 Å². The molecule has 0 amide bonds. The molecule has 80 valence electrons. The Morgan fingerprint density at radius 1 is 1.14 bits per heavy atom. The summed E-state index contributed by atoms with van der Waals surface area (Å²) in [6.45, 7) is 4.53. The lowest BCUT2D eigenvalue weighted by Gasteiger charge is -2.12. The molecule has 0 aliphatic heterocycles. The molecule has 0 spiro atoms. The minimum Gasteiger partial charge on any atom is -0.250 e. The van der Waals surface area contributed by atoms with Crippen LogP contribution in [-0.2, 0) is 0 Å². The van der Waals surface area contributed by atoms with Crippen molar-refractivity contribution in [3.8, 4) is 0 Å². The van der Waals surface area contributed by atoms with Gasteiger partial charge in [-0.15, -0.1) is 0 Å². The predicted octanol–water partition coefficient (Wildman–Crippen LogP) is 3.22. The van der Waals surface area contributed by atoms with Gasteiger partial charge in [-0.1, -0.05) is 33.1 Å². The molecule has 1 rings (SSSR count). The van der Waals surface area contributed by atoms with Crippen molar-refractivity contribution in [2.24, 2.45) is 0 Å². The molecule has 1 aromatic rings. The molecule has 2 heteroatoms. The van der Waals surface area contributed by atoms with Gasteiger partial charge in [-0.2, -0.15) is 0 Å². The van der Waals surface area contributed by atoms with Gasteiger partial charge in [0.25, 0.3) is 0 Å². The summed E-state index contributed by atoms with van der Waals surface area (Å²) in [7, 11) is 0. The summed E-state index contributed by atoms with van der Waals surface area (Å²) < 4.78 is 2.32. The summed E-state index contributed by atoms with van der Waals surface area (Å²) in [6, 6.07) is 0.706. The van der Waals surface area contributed by atoms with E-state index >= 15 is 0 Å². The fourth-order valence-electron chi connectivity index (χ4n) is 1.93. The second-order valence-electron chi connectivity index (χ2n) is 4.00. The van der Waals surface area contributed by atoms with E-state index in [2.05, 4.69) is 35.9 Å². The molecule has 0 saturated heterocycles. The van der Waals surface area contributed by atoms with Crippen LogP contribution in [0, 0.1) is 0 Å². The number of nitrogens with zero attached hydrogens (tertiary/aromatic N) is 1. The Kier molecular flexibility index (Phi) is 5.35. The molecule has 1 heterocycles. The predicted molar refractivity (Wildman–Crippen MR) is 59.1 cm³/mol. The molecule has 0 aromatic carbocycles. The first kappa shape index (κ1) is 11.3. The van der Waals surface area contributed by atoms with Crippen LogP contribution in [0.2, 0.25) is 0 Å². The summed E-state index contributed by atoms with van der Waals surface area (Å²) >= 11 is 0. The third-order valence-corrected chi connectivity index (χ3v) is 2.75. The fourth-order valence-corrected chi connectivity index (χ4v) is 1.93. The molecular formula is C12H23N2+. The highest BCUT2D eigenvalue weighted by Crippen LogP contribution is 2.15. The van der Waals surface area contributed by atoms with Crippen LogP contribution in [0.3, 0.4) is 0 Å². The van der Waals surface area contributed by atoms with Gasteiger partial charge in [-0.05, 0) is 19.3 Å². The molecule has 0 radical (unpaired) electrons. The van der Waals surface area contributed by atoms with Crippen molar-refractivity contribution >= 4 is 0 Å². The first-order valence-corrected chi connectivity index (χ1v) is 5.92. The number of hydrogen-bond donors (Lipinski definition) is 1. The van der Waals surface area contributed by atoms with Gasteiger partial charge in [-0.3, -0.25) is 4.98 Å². The number of unbranched alkanes of at least 4 members (excludes halogenated alkanes) is 2. The Balaban J connectivity index is 2.39. The van der Waals surface area contributed by atoms with Crippen molar-refractivity contribution < 1.29 is 4.57 Å². The molecule has 1 atom stereocenters. The lowest BCUT2D eigenvalue weighted by molar-refractivity contribution is -0.723. The summed E-state index contributed by atoms with van der Waals surface area (Å²) in [5.41, 5.74) is 0. The van der Waals surface area contributed by atoms with E-state index in [0.717, 1.165) is 0 Å². The Hall–Kier alpha value is -0.790. The van der Waals surface area contributed by atoms with Gasteiger partial charge in [-0.25, -0.2) is 4.57 Å². The number of H-pyrrole nitrogens is 1. The first-order valence-electron chi connectivity index (χ1n) is 5.92. The maximum Gasteiger partial charge on any atom is 0.241 e. The minimum absolute atomic E-state index is 0.706. The van der Waals surface area contributed by atoms with E-state index in [1.165, 1.54) is 38.5 Å². The van der Waals surface area contributed by atoms with E-state index in [4.69, 9.17) is 0 Å². The van der Waals surface area contributed by atoms with Crippen LogP contribution in [0.4, 0.5) is 0 Å². The van der Waals surface area contributed by atoms with Crippen molar-refractivity contribution in [1.29, 1.82) is 0 Å². The number of imidazole rings is 1. The average Bonchev–Trinajstić information content (AvgIpc) is 2.70. The first-order chi connectivity index (χ1) is 6.88. The van der Waals surface area contributed by atoms with Crippen molar-refractivity contribution in [2.75, 3.05) is 0 Å². The topological polar surface area (TPSA) is 19.7 Å². The summed E-state index contributed by atoms with van der Waals surface area (Å²) in [5.74, 6) is 0. The molecule has 0 fully saturated rings. The van der Waals surface area contributed by atoms with Crippen LogP contribution in [0.15, 0.2) is 18.7 Å². The Bertz CT molecular complexity index is 216. The molecule has 1 unspecified atom stereocenters. The molecule has 0 aliphatic rings. The van der Waals surface area contributed by atoms with Crippen molar-refractivity contribution in [3.05, 3.63) is 18.7 Å². The van der Waals surface area contributed by atoms with E-state index in [9.17, 15) is 0 Å². The second kappa shape index (κ2) is 6.63. The number of aromatic amines is 1. The summed E-state index contributed by atoms with van der Waals surface area (Å²) in [4.78, 5) is 3.12. The molecule has 2 nitrogen and oxygen atoms in total. The molecule has 0 saturated carbocycles. The van der Waals surface area contributed by atoms with Gasteiger partial charge in [0.05, 0.1) is 0 Å². The van der Waals surface area contributed by atoms with Crippen LogP contribution >= 0.6 is 0 Å². The van der Waals surface area contributed by atoms with E-state index in [1.807, 2.05) is 6.20 Å². The van der Waals surface area contributed by atoms with Gasteiger partial charge >= 0.3 is 0 Å². The summed E-state index contributed by atoms with van der Waals surface area (Å²) in [5, 5.41) is 0. The normalized spacial score (nSPS) is 13.0. The Morgan fingerprint density at radius 2 is 2.00 bits per heavy atom. The molecule has 14 heavy (non-hydrogen) atoms. The average molecular weight is 195 g/mol. The maximum absolute atomic E-state index is 3.12. The lowest BCUT2D eigenvalue weighted by atomic mass is 10.0. The minimum atomic E-state index is 0.706. The highest BCUT2D eigenvalue weighted by molar-refractivity contribution is 4.60. The zero-order chi connectivity index (χ0) is 10.2. The van der Waals surface area contributed by atoms with Gasteiger partial charge < -0.3 is 0 Å². The van der Waals surface area contributed by atoms with E-state index in [1.54, 1.807) is 0 Å². The number of rotatable bonds is 7. The van der Waals surface area contributed by atoms with Gasteiger partial charge in [0, 0.05) is 0 Å². The lowest BCUT2D eigenvalue weighted by Crippen LogP contribution is -2.36. The van der Waals surface area contributed by atoms with Gasteiger partial charge in [0.15, 0.2) is 0 Å². The SMILES string of the molecule is CCCCCC(CCC)[n+]1cc[nH]c1. The van der Waals surface area contributed by atoms with Crippen molar-refractivity contribution in [2.45, 2.75) is 58.4 Å². The van der Waals surface area contributed by atoms with Crippen LogP contribution in [0.1, 0.15) is 58.4 Å². The van der Waals surface area contributed by atoms with Crippen LogP contribution < -0.4 is 4.57 Å². The molecule has 0 bridgehead atoms. The van der Waals surface area contributed by atoms with Crippen LogP contribution in [0.25, 0.3) is 0 Å². The smallest absolute Gasteiger partial charge is 0.241 e. The quantitative estimate of drug-likeness (QED) is 0.509. The van der Waals surface area contributed by atoms with Crippen LogP contribution in [-0.4, -0.2) is 4.98 Å². The zero-order valence-corrected chi connectivity index (χ0v) is 9.50. The second-order valence-corrected chi connectivity index (χ2v) is 4.00. The monoisotopic (exact) mass is 195 g/mol. The van der Waals surface area contributed by atoms with Crippen molar-refractivity contribution in [1.82, 2.24) is 4.98 Å². The molecular weight excluding hydrogens is 172 g/mol. The third kappa shape index (κ3) is 3.52. The van der Waals surface area contributed by atoms with Crippen LogP contribution in [0.5, 0.6) is 0 Å². The molecule has 1 aromatic heterocycles. The maximum atomic E-state index is 3.12. The Labute approximate surface area is 87.4 Å². The van der Waals surface area contributed by atoms with Gasteiger partial charge in [0.2, 0.25) is 6.33 Å². The Morgan fingerprint density at radius 3 is 2.57 bits per heavy atom. The zero-order valence-electron chi connectivity index (χ0n) is 9.50. The molecule has 0 aliphatic carbocycles. The van der Waals surface area contributed by atoms with Crippen molar-refractivity contribution in [3.63, 3.8) is 0 Å². The number of aromatic nitrogens is 2.